The van der Waals surface area contributed by atoms with E-state index >= 15 is 0 Å². The molecule has 0 bridgehead atoms. The van der Waals surface area contributed by atoms with Gasteiger partial charge in [0, 0.05) is 33.0 Å². The molecule has 2 aromatic carbocycles. The molecule has 0 fully saturated rings. The average molecular weight is 356 g/mol. The van der Waals surface area contributed by atoms with Gasteiger partial charge in [-0.3, -0.25) is 9.69 Å². The molecule has 0 aliphatic heterocycles. The van der Waals surface area contributed by atoms with E-state index in [1.807, 2.05) is 65.6 Å². The van der Waals surface area contributed by atoms with E-state index in [0.29, 0.717) is 39.4 Å². The minimum absolute atomic E-state index is 0.0623. The Hall–Kier alpha value is -2.21. The van der Waals surface area contributed by atoms with Crippen molar-refractivity contribution in [2.24, 2.45) is 0 Å². The van der Waals surface area contributed by atoms with E-state index in [-0.39, 0.29) is 5.91 Å². The molecule has 5 heteroatoms. The summed E-state index contributed by atoms with van der Waals surface area (Å²) >= 11 is 0. The van der Waals surface area contributed by atoms with Gasteiger partial charge in [0.1, 0.15) is 0 Å². The summed E-state index contributed by atoms with van der Waals surface area (Å²) < 4.78 is 10.3. The number of carbonyl (C=O) groups excluding carboxylic acids is 1. The van der Waals surface area contributed by atoms with E-state index in [4.69, 9.17) is 9.47 Å². The number of carbonyl (C=O) groups is 1. The molecule has 1 amide bonds. The quantitative estimate of drug-likeness (QED) is 0.621. The second-order valence-corrected chi connectivity index (χ2v) is 6.06. The minimum Gasteiger partial charge on any atom is -0.383 e. The van der Waals surface area contributed by atoms with E-state index in [2.05, 4.69) is 4.90 Å². The van der Waals surface area contributed by atoms with E-state index in [1.54, 1.807) is 14.2 Å². The number of para-hydroxylation sites is 1. The molecule has 0 saturated carbocycles. The lowest BCUT2D eigenvalue weighted by Crippen LogP contribution is -2.42. The highest BCUT2D eigenvalue weighted by molar-refractivity contribution is 5.94. The van der Waals surface area contributed by atoms with Crippen LogP contribution in [0.2, 0.25) is 0 Å². The Morgan fingerprint density at radius 3 is 1.92 bits per heavy atom. The summed E-state index contributed by atoms with van der Waals surface area (Å²) in [6.45, 7) is 3.43. The molecule has 0 aliphatic rings. The molecule has 5 nitrogen and oxygen atoms in total. The highest BCUT2D eigenvalue weighted by atomic mass is 16.5. The molecule has 26 heavy (non-hydrogen) atoms. The van der Waals surface area contributed by atoms with E-state index < -0.39 is 0 Å². The predicted molar refractivity (Wildman–Crippen MR) is 104 cm³/mol. The number of nitrogens with zero attached hydrogens (tertiary/aromatic N) is 2. The maximum atomic E-state index is 13.1. The molecule has 0 N–H and O–H groups in total. The van der Waals surface area contributed by atoms with Crippen molar-refractivity contribution in [3.63, 3.8) is 0 Å². The fraction of sp³-hybridized carbons (Fsp3) is 0.381. The standard InChI is InChI=1S/C21H28N2O3/c1-25-15-13-22(14-16-26-2)18-21(24)23(20-11-7-4-8-12-20)17-19-9-5-3-6-10-19/h3-12H,13-18H2,1-2H3. The summed E-state index contributed by atoms with van der Waals surface area (Å²) in [4.78, 5) is 17.0. The summed E-state index contributed by atoms with van der Waals surface area (Å²) in [7, 11) is 3.34. The van der Waals surface area contributed by atoms with Crippen molar-refractivity contribution in [3.8, 4) is 0 Å². The first-order valence-corrected chi connectivity index (χ1v) is 8.84. The molecular weight excluding hydrogens is 328 g/mol. The van der Waals surface area contributed by atoms with Crippen LogP contribution in [0.25, 0.3) is 0 Å². The number of anilines is 1. The third-order valence-electron chi connectivity index (χ3n) is 4.13. The number of benzene rings is 2. The second-order valence-electron chi connectivity index (χ2n) is 6.06. The topological polar surface area (TPSA) is 42.0 Å². The monoisotopic (exact) mass is 356 g/mol. The van der Waals surface area contributed by atoms with Crippen LogP contribution in [0.1, 0.15) is 5.56 Å². The van der Waals surface area contributed by atoms with Gasteiger partial charge in [0.15, 0.2) is 0 Å². The van der Waals surface area contributed by atoms with E-state index in [0.717, 1.165) is 11.3 Å². The Morgan fingerprint density at radius 2 is 1.38 bits per heavy atom. The van der Waals surface area contributed by atoms with Crippen molar-refractivity contribution in [2.45, 2.75) is 6.54 Å². The van der Waals surface area contributed by atoms with Gasteiger partial charge in [0.25, 0.3) is 0 Å². The molecule has 0 spiro atoms. The Labute approximate surface area is 156 Å². The van der Waals surface area contributed by atoms with Gasteiger partial charge in [0.05, 0.1) is 26.3 Å². The average Bonchev–Trinajstić information content (AvgIpc) is 2.69. The lowest BCUT2D eigenvalue weighted by atomic mass is 10.2. The van der Waals surface area contributed by atoms with Crippen molar-refractivity contribution < 1.29 is 14.3 Å². The van der Waals surface area contributed by atoms with E-state index in [9.17, 15) is 4.79 Å². The van der Waals surface area contributed by atoms with Crippen LogP contribution in [-0.4, -0.2) is 57.9 Å². The lowest BCUT2D eigenvalue weighted by Gasteiger charge is -2.27. The Kier molecular flexibility index (Phi) is 8.83. The molecule has 0 aromatic heterocycles. The first kappa shape index (κ1) is 20.1. The van der Waals surface area contributed by atoms with Crippen LogP contribution in [0.4, 0.5) is 5.69 Å². The summed E-state index contributed by atoms with van der Waals surface area (Å²) in [5.74, 6) is 0.0623. The van der Waals surface area contributed by atoms with Crippen molar-refractivity contribution in [1.29, 1.82) is 0 Å². The zero-order chi connectivity index (χ0) is 18.6. The molecule has 2 rings (SSSR count). The third-order valence-corrected chi connectivity index (χ3v) is 4.13. The first-order valence-electron chi connectivity index (χ1n) is 8.84. The van der Waals surface area contributed by atoms with Crippen LogP contribution in [0.15, 0.2) is 60.7 Å². The van der Waals surface area contributed by atoms with Crippen LogP contribution in [0.3, 0.4) is 0 Å². The highest BCUT2D eigenvalue weighted by Crippen LogP contribution is 2.17. The molecule has 0 atom stereocenters. The number of hydrogen-bond donors (Lipinski definition) is 0. The number of amides is 1. The molecule has 0 heterocycles. The summed E-state index contributed by atoms with van der Waals surface area (Å²) in [6, 6.07) is 19.8. The number of methoxy groups -OCH3 is 2. The summed E-state index contributed by atoms with van der Waals surface area (Å²) in [6.07, 6.45) is 0. The Bertz CT molecular complexity index is 626. The van der Waals surface area contributed by atoms with Gasteiger partial charge in [-0.25, -0.2) is 0 Å². The molecule has 140 valence electrons. The predicted octanol–water partition coefficient (Wildman–Crippen LogP) is 2.81. The van der Waals surface area contributed by atoms with Gasteiger partial charge in [-0.2, -0.15) is 0 Å². The maximum Gasteiger partial charge on any atom is 0.241 e. The SMILES string of the molecule is COCCN(CCOC)CC(=O)N(Cc1ccccc1)c1ccccc1. The van der Waals surface area contributed by atoms with Gasteiger partial charge >= 0.3 is 0 Å². The highest BCUT2D eigenvalue weighted by Gasteiger charge is 2.19. The Balaban J connectivity index is 2.13. The fourth-order valence-corrected chi connectivity index (χ4v) is 2.68. The van der Waals surface area contributed by atoms with Crippen molar-refractivity contribution in [1.82, 2.24) is 4.90 Å². The summed E-state index contributed by atoms with van der Waals surface area (Å²) in [5.41, 5.74) is 2.00. The van der Waals surface area contributed by atoms with Gasteiger partial charge in [-0.1, -0.05) is 48.5 Å². The van der Waals surface area contributed by atoms with Gasteiger partial charge in [0.2, 0.25) is 5.91 Å². The van der Waals surface area contributed by atoms with E-state index in [1.165, 1.54) is 0 Å². The van der Waals surface area contributed by atoms with Gasteiger partial charge in [-0.15, -0.1) is 0 Å². The first-order chi connectivity index (χ1) is 12.7. The van der Waals surface area contributed by atoms with Crippen molar-refractivity contribution >= 4 is 11.6 Å². The number of hydrogen-bond acceptors (Lipinski definition) is 4. The van der Waals surface area contributed by atoms with Crippen LogP contribution in [-0.2, 0) is 20.8 Å². The molecule has 0 unspecified atom stereocenters. The number of rotatable bonds is 11. The lowest BCUT2D eigenvalue weighted by molar-refractivity contribution is -0.120. The smallest absolute Gasteiger partial charge is 0.241 e. The molecule has 0 aliphatic carbocycles. The van der Waals surface area contributed by atoms with Crippen molar-refractivity contribution in [2.75, 3.05) is 52.0 Å². The van der Waals surface area contributed by atoms with Crippen LogP contribution in [0, 0.1) is 0 Å². The third kappa shape index (κ3) is 6.59. The summed E-state index contributed by atoms with van der Waals surface area (Å²) in [5, 5.41) is 0. The van der Waals surface area contributed by atoms with Crippen LogP contribution < -0.4 is 4.90 Å². The zero-order valence-corrected chi connectivity index (χ0v) is 15.6. The molecular formula is C21H28N2O3. The molecule has 0 radical (unpaired) electrons. The zero-order valence-electron chi connectivity index (χ0n) is 15.6. The Morgan fingerprint density at radius 1 is 0.846 bits per heavy atom. The van der Waals surface area contributed by atoms with Crippen molar-refractivity contribution in [3.05, 3.63) is 66.2 Å². The molecule has 0 saturated heterocycles. The molecule has 2 aromatic rings. The maximum absolute atomic E-state index is 13.1. The number of ether oxygens (including phenoxy) is 2. The van der Waals surface area contributed by atoms with Crippen LogP contribution >= 0.6 is 0 Å². The van der Waals surface area contributed by atoms with Gasteiger partial charge < -0.3 is 14.4 Å². The normalized spacial score (nSPS) is 10.9. The fourth-order valence-electron chi connectivity index (χ4n) is 2.68. The van der Waals surface area contributed by atoms with Gasteiger partial charge in [-0.05, 0) is 17.7 Å². The largest absolute Gasteiger partial charge is 0.383 e. The minimum atomic E-state index is 0.0623. The second kappa shape index (κ2) is 11.4. The van der Waals surface area contributed by atoms with Crippen LogP contribution in [0.5, 0.6) is 0 Å².